The van der Waals surface area contributed by atoms with Crippen molar-refractivity contribution in [3.05, 3.63) is 0 Å². The molecule has 0 unspecified atom stereocenters. The van der Waals surface area contributed by atoms with Crippen molar-refractivity contribution in [2.75, 3.05) is 39.5 Å². The molecule has 4 aliphatic rings. The molecule has 4 fully saturated rings. The maximum Gasteiger partial charge on any atom is 0.222 e. The Morgan fingerprint density at radius 2 is 1.54 bits per heavy atom. The van der Waals surface area contributed by atoms with Crippen LogP contribution in [0.25, 0.3) is 0 Å². The molecule has 0 atom stereocenters. The van der Waals surface area contributed by atoms with Gasteiger partial charge in [-0.25, -0.2) is 0 Å². The highest BCUT2D eigenvalue weighted by Crippen LogP contribution is 2.54. The Bertz CT molecular complexity index is 490. The third kappa shape index (κ3) is 3.97. The lowest BCUT2D eigenvalue weighted by Crippen LogP contribution is -2.49. The molecule has 0 radical (unpaired) electrons. The molecular formula is C22H38N2OS. The van der Waals surface area contributed by atoms with Gasteiger partial charge in [0.05, 0.1) is 0 Å². The normalized spacial score (nSPS) is 31.0. The van der Waals surface area contributed by atoms with Gasteiger partial charge in [-0.05, 0) is 107 Å². The third-order valence-corrected chi connectivity index (χ3v) is 9.33. The standard InChI is InChI=1S/C22H38N2OS/c1-23-10-6-21(7-11-23)14-18(15-21)4-3-5-20(25)24-12-8-22(9-13-24)16-19(17-22)26-2/h18-19H,3-17H2,1-2H3. The molecule has 0 N–H and O–H groups in total. The highest BCUT2D eigenvalue weighted by atomic mass is 32.2. The molecule has 0 aromatic rings. The summed E-state index contributed by atoms with van der Waals surface area (Å²) in [4.78, 5) is 17.2. The van der Waals surface area contributed by atoms with Gasteiger partial charge in [0.2, 0.25) is 5.91 Å². The molecule has 2 spiro atoms. The zero-order valence-corrected chi connectivity index (χ0v) is 17.8. The van der Waals surface area contributed by atoms with Crippen LogP contribution in [0.1, 0.15) is 70.6 Å². The lowest BCUT2D eigenvalue weighted by molar-refractivity contribution is -0.134. The minimum Gasteiger partial charge on any atom is -0.343 e. The zero-order chi connectivity index (χ0) is 18.2. The van der Waals surface area contributed by atoms with Crippen LogP contribution >= 0.6 is 11.8 Å². The number of amides is 1. The number of piperidine rings is 2. The van der Waals surface area contributed by atoms with Gasteiger partial charge in [0, 0.05) is 24.8 Å². The second-order valence-corrected chi connectivity index (χ2v) is 11.3. The fourth-order valence-corrected chi connectivity index (χ4v) is 7.32. The molecule has 1 amide bonds. The SMILES string of the molecule is CSC1CC2(CCN(C(=O)CCCC3CC4(CCN(C)CC4)C3)CC2)C1. The van der Waals surface area contributed by atoms with Gasteiger partial charge < -0.3 is 9.80 Å². The average molecular weight is 379 g/mol. The molecule has 0 bridgehead atoms. The van der Waals surface area contributed by atoms with Gasteiger partial charge in [-0.15, -0.1) is 0 Å². The van der Waals surface area contributed by atoms with E-state index in [4.69, 9.17) is 0 Å². The quantitative estimate of drug-likeness (QED) is 0.708. The number of likely N-dealkylation sites (tertiary alicyclic amines) is 2. The zero-order valence-electron chi connectivity index (χ0n) is 17.0. The second kappa shape index (κ2) is 7.66. The predicted octanol–water partition coefficient (Wildman–Crippen LogP) is 4.41. The predicted molar refractivity (Wildman–Crippen MR) is 111 cm³/mol. The van der Waals surface area contributed by atoms with Gasteiger partial charge in [-0.2, -0.15) is 11.8 Å². The molecule has 2 saturated heterocycles. The highest BCUT2D eigenvalue weighted by molar-refractivity contribution is 7.99. The first kappa shape index (κ1) is 19.1. The minimum absolute atomic E-state index is 0.439. The van der Waals surface area contributed by atoms with Crippen molar-refractivity contribution in [1.29, 1.82) is 0 Å². The molecule has 4 heteroatoms. The topological polar surface area (TPSA) is 23.6 Å². The van der Waals surface area contributed by atoms with Crippen LogP contribution in [0.15, 0.2) is 0 Å². The Kier molecular flexibility index (Phi) is 5.63. The van der Waals surface area contributed by atoms with E-state index in [1.807, 2.05) is 11.8 Å². The number of thioether (sulfide) groups is 1. The van der Waals surface area contributed by atoms with Crippen molar-refractivity contribution in [2.45, 2.75) is 75.9 Å². The van der Waals surface area contributed by atoms with Crippen molar-refractivity contribution in [1.82, 2.24) is 9.80 Å². The van der Waals surface area contributed by atoms with E-state index in [0.29, 0.717) is 16.7 Å². The van der Waals surface area contributed by atoms with E-state index in [0.717, 1.165) is 37.1 Å². The average Bonchev–Trinajstić information content (AvgIpc) is 2.60. The summed E-state index contributed by atoms with van der Waals surface area (Å²) in [5.74, 6) is 1.35. The Hall–Kier alpha value is -0.220. The summed E-state index contributed by atoms with van der Waals surface area (Å²) in [6.45, 7) is 4.64. The second-order valence-electron chi connectivity index (χ2n) is 10.1. The number of carbonyl (C=O) groups excluding carboxylic acids is 1. The molecule has 2 saturated carbocycles. The summed E-state index contributed by atoms with van der Waals surface area (Å²) in [6, 6.07) is 0. The number of rotatable bonds is 5. The van der Waals surface area contributed by atoms with Crippen LogP contribution in [0.5, 0.6) is 0 Å². The van der Waals surface area contributed by atoms with E-state index in [1.54, 1.807) is 0 Å². The van der Waals surface area contributed by atoms with Crippen LogP contribution < -0.4 is 0 Å². The Labute approximate surface area is 164 Å². The first-order valence-corrected chi connectivity index (χ1v) is 12.3. The molecule has 3 nitrogen and oxygen atoms in total. The van der Waals surface area contributed by atoms with Crippen LogP contribution in [0.4, 0.5) is 0 Å². The number of hydrogen-bond acceptors (Lipinski definition) is 3. The third-order valence-electron chi connectivity index (χ3n) is 8.33. The smallest absolute Gasteiger partial charge is 0.222 e. The van der Waals surface area contributed by atoms with E-state index in [2.05, 4.69) is 23.1 Å². The Morgan fingerprint density at radius 1 is 0.962 bits per heavy atom. The van der Waals surface area contributed by atoms with Gasteiger partial charge in [0.25, 0.3) is 0 Å². The summed E-state index contributed by atoms with van der Waals surface area (Å²) in [5.41, 5.74) is 1.30. The maximum absolute atomic E-state index is 12.6. The first-order valence-electron chi connectivity index (χ1n) is 11.0. The van der Waals surface area contributed by atoms with Crippen molar-refractivity contribution in [2.24, 2.45) is 16.7 Å². The van der Waals surface area contributed by atoms with E-state index >= 15 is 0 Å². The molecule has 26 heavy (non-hydrogen) atoms. The Morgan fingerprint density at radius 3 is 2.15 bits per heavy atom. The lowest BCUT2D eigenvalue weighted by atomic mass is 9.56. The van der Waals surface area contributed by atoms with Crippen molar-refractivity contribution < 1.29 is 4.79 Å². The Balaban J connectivity index is 1.10. The number of nitrogens with zero attached hydrogens (tertiary/aromatic N) is 2. The number of hydrogen-bond donors (Lipinski definition) is 0. The maximum atomic E-state index is 12.6. The van der Waals surface area contributed by atoms with Crippen LogP contribution in [0.3, 0.4) is 0 Å². The fourth-order valence-electron chi connectivity index (χ4n) is 6.28. The van der Waals surface area contributed by atoms with E-state index in [9.17, 15) is 4.79 Å². The van der Waals surface area contributed by atoms with E-state index in [-0.39, 0.29) is 0 Å². The van der Waals surface area contributed by atoms with Gasteiger partial charge in [0.15, 0.2) is 0 Å². The van der Waals surface area contributed by atoms with Crippen molar-refractivity contribution >= 4 is 17.7 Å². The van der Waals surface area contributed by atoms with Crippen LogP contribution in [0, 0.1) is 16.7 Å². The summed E-state index contributed by atoms with van der Waals surface area (Å²) in [5, 5.41) is 0.896. The highest BCUT2D eigenvalue weighted by Gasteiger charge is 2.46. The van der Waals surface area contributed by atoms with Gasteiger partial charge >= 0.3 is 0 Å². The molecule has 0 aromatic carbocycles. The number of carbonyl (C=O) groups is 1. The van der Waals surface area contributed by atoms with E-state index in [1.165, 1.54) is 70.9 Å². The first-order chi connectivity index (χ1) is 12.5. The summed E-state index contributed by atoms with van der Waals surface area (Å²) >= 11 is 2.03. The van der Waals surface area contributed by atoms with Crippen LogP contribution in [-0.4, -0.2) is 60.4 Å². The minimum atomic E-state index is 0.439. The van der Waals surface area contributed by atoms with Crippen molar-refractivity contribution in [3.63, 3.8) is 0 Å². The molecule has 0 aromatic heterocycles. The van der Waals surface area contributed by atoms with Crippen molar-refractivity contribution in [3.8, 4) is 0 Å². The summed E-state index contributed by atoms with van der Waals surface area (Å²) in [7, 11) is 2.25. The lowest BCUT2D eigenvalue weighted by Gasteiger charge is -2.52. The fraction of sp³-hybridized carbons (Fsp3) is 0.955. The van der Waals surface area contributed by atoms with E-state index < -0.39 is 0 Å². The largest absolute Gasteiger partial charge is 0.343 e. The molecule has 148 valence electrons. The van der Waals surface area contributed by atoms with Gasteiger partial charge in [-0.1, -0.05) is 0 Å². The summed E-state index contributed by atoms with van der Waals surface area (Å²) < 4.78 is 0. The molecule has 2 heterocycles. The van der Waals surface area contributed by atoms with Crippen LogP contribution in [-0.2, 0) is 4.79 Å². The molecular weight excluding hydrogens is 340 g/mol. The van der Waals surface area contributed by atoms with Gasteiger partial charge in [-0.3, -0.25) is 4.79 Å². The van der Waals surface area contributed by atoms with Crippen LogP contribution in [0.2, 0.25) is 0 Å². The molecule has 4 rings (SSSR count). The molecule has 2 aliphatic heterocycles. The summed E-state index contributed by atoms with van der Waals surface area (Å²) in [6.07, 6.45) is 16.5. The molecule has 2 aliphatic carbocycles. The monoisotopic (exact) mass is 378 g/mol. The van der Waals surface area contributed by atoms with Gasteiger partial charge in [0.1, 0.15) is 0 Å².